The number of anilines is 2. The molecular formula is C21H26N4O4S. The van der Waals surface area contributed by atoms with E-state index in [2.05, 4.69) is 15.5 Å². The number of rotatable bonds is 6. The molecule has 2 aromatic rings. The van der Waals surface area contributed by atoms with Crippen LogP contribution >= 0.6 is 0 Å². The van der Waals surface area contributed by atoms with Crippen molar-refractivity contribution in [3.05, 3.63) is 54.1 Å². The van der Waals surface area contributed by atoms with Gasteiger partial charge in [-0.15, -0.1) is 0 Å². The molecule has 0 atom stereocenters. The molecule has 0 saturated carbocycles. The molecule has 1 heterocycles. The van der Waals surface area contributed by atoms with Gasteiger partial charge in [0.05, 0.1) is 11.3 Å². The predicted octanol–water partition coefficient (Wildman–Crippen LogP) is 1.76. The number of nitrogens with zero attached hydrogens (tertiary/aromatic N) is 2. The molecule has 2 N–H and O–H groups in total. The van der Waals surface area contributed by atoms with Crippen LogP contribution in [-0.4, -0.2) is 62.7 Å². The Morgan fingerprint density at radius 2 is 1.40 bits per heavy atom. The lowest BCUT2D eigenvalue weighted by atomic mass is 10.1. The van der Waals surface area contributed by atoms with Gasteiger partial charge in [0.2, 0.25) is 21.8 Å². The number of amides is 2. The first-order valence-electron chi connectivity index (χ1n) is 9.69. The van der Waals surface area contributed by atoms with Gasteiger partial charge in [-0.2, -0.15) is 4.31 Å². The third-order valence-electron chi connectivity index (χ3n) is 4.88. The highest BCUT2D eigenvalue weighted by atomic mass is 32.2. The van der Waals surface area contributed by atoms with E-state index in [0.29, 0.717) is 37.6 Å². The number of hydrogen-bond donors (Lipinski definition) is 2. The molecule has 30 heavy (non-hydrogen) atoms. The Morgan fingerprint density at radius 3 is 1.97 bits per heavy atom. The van der Waals surface area contributed by atoms with Gasteiger partial charge in [-0.05, 0) is 49.0 Å². The minimum absolute atomic E-state index is 0.154. The molecule has 9 heteroatoms. The molecule has 1 saturated heterocycles. The monoisotopic (exact) mass is 430 g/mol. The number of hydrogen-bond acceptors (Lipinski definition) is 5. The van der Waals surface area contributed by atoms with Crippen LogP contribution in [0.1, 0.15) is 12.5 Å². The number of benzene rings is 2. The topological polar surface area (TPSA) is 98.8 Å². The second-order valence-corrected chi connectivity index (χ2v) is 9.27. The zero-order chi connectivity index (χ0) is 21.7. The van der Waals surface area contributed by atoms with E-state index in [-0.39, 0.29) is 23.1 Å². The Labute approximate surface area is 176 Å². The fraction of sp³-hybridized carbons (Fsp3) is 0.333. The lowest BCUT2D eigenvalue weighted by molar-refractivity contribution is -0.116. The van der Waals surface area contributed by atoms with Crippen LogP contribution < -0.4 is 10.6 Å². The maximum atomic E-state index is 12.8. The van der Waals surface area contributed by atoms with E-state index in [1.54, 1.807) is 36.4 Å². The summed E-state index contributed by atoms with van der Waals surface area (Å²) < 4.78 is 27.0. The van der Waals surface area contributed by atoms with Gasteiger partial charge in [-0.1, -0.05) is 12.1 Å². The highest BCUT2D eigenvalue weighted by molar-refractivity contribution is 7.89. The van der Waals surface area contributed by atoms with E-state index in [1.165, 1.54) is 23.4 Å². The van der Waals surface area contributed by atoms with Crippen LogP contribution in [0.15, 0.2) is 53.4 Å². The van der Waals surface area contributed by atoms with Gasteiger partial charge in [-0.25, -0.2) is 8.42 Å². The van der Waals surface area contributed by atoms with Crippen LogP contribution in [0.2, 0.25) is 0 Å². The summed E-state index contributed by atoms with van der Waals surface area (Å²) in [6.45, 7) is 3.79. The highest BCUT2D eigenvalue weighted by Crippen LogP contribution is 2.20. The van der Waals surface area contributed by atoms with Gasteiger partial charge < -0.3 is 15.5 Å². The predicted molar refractivity (Wildman–Crippen MR) is 116 cm³/mol. The summed E-state index contributed by atoms with van der Waals surface area (Å²) >= 11 is 0. The number of carbonyl (C=O) groups is 2. The van der Waals surface area contributed by atoms with Crippen molar-refractivity contribution in [1.82, 2.24) is 9.21 Å². The highest BCUT2D eigenvalue weighted by Gasteiger charge is 2.27. The Kier molecular flexibility index (Phi) is 6.86. The molecule has 8 nitrogen and oxygen atoms in total. The summed E-state index contributed by atoms with van der Waals surface area (Å²) in [7, 11) is -1.56. The smallest absolute Gasteiger partial charge is 0.243 e. The Balaban J connectivity index is 1.58. The number of piperazine rings is 1. The van der Waals surface area contributed by atoms with Gasteiger partial charge in [-0.3, -0.25) is 9.59 Å². The van der Waals surface area contributed by atoms with Gasteiger partial charge in [0, 0.05) is 44.5 Å². The van der Waals surface area contributed by atoms with Crippen molar-refractivity contribution in [2.45, 2.75) is 18.2 Å². The van der Waals surface area contributed by atoms with E-state index in [0.717, 1.165) is 5.56 Å². The minimum Gasteiger partial charge on any atom is -0.326 e. The number of nitrogens with one attached hydrogen (secondary N) is 2. The van der Waals surface area contributed by atoms with E-state index < -0.39 is 10.0 Å². The van der Waals surface area contributed by atoms with E-state index >= 15 is 0 Å². The maximum absolute atomic E-state index is 12.8. The first-order chi connectivity index (χ1) is 14.2. The second-order valence-electron chi connectivity index (χ2n) is 7.33. The van der Waals surface area contributed by atoms with Crippen LogP contribution in [0.3, 0.4) is 0 Å². The number of carbonyl (C=O) groups excluding carboxylic acids is 2. The van der Waals surface area contributed by atoms with Crippen molar-refractivity contribution < 1.29 is 18.0 Å². The molecule has 2 aromatic carbocycles. The molecule has 0 bridgehead atoms. The molecule has 0 aliphatic carbocycles. The van der Waals surface area contributed by atoms with Gasteiger partial charge in [0.15, 0.2) is 0 Å². The molecular weight excluding hydrogens is 404 g/mol. The lowest BCUT2D eigenvalue weighted by Gasteiger charge is -2.31. The quantitative estimate of drug-likeness (QED) is 0.728. The summed E-state index contributed by atoms with van der Waals surface area (Å²) in [6, 6.07) is 13.3. The molecule has 0 aromatic heterocycles. The Morgan fingerprint density at radius 1 is 0.867 bits per heavy atom. The summed E-state index contributed by atoms with van der Waals surface area (Å²) in [4.78, 5) is 25.7. The molecule has 0 radical (unpaired) electrons. The van der Waals surface area contributed by atoms with E-state index in [1.807, 2.05) is 7.05 Å². The van der Waals surface area contributed by atoms with Crippen molar-refractivity contribution in [2.24, 2.45) is 0 Å². The molecule has 1 fully saturated rings. The molecule has 2 amide bonds. The SMILES string of the molecule is CC(=O)Nc1ccc(CC(=O)Nc2ccc(S(=O)(=O)N3CCN(C)CC3)cc2)cc1. The van der Waals surface area contributed by atoms with Crippen molar-refractivity contribution in [3.8, 4) is 0 Å². The third-order valence-corrected chi connectivity index (χ3v) is 6.79. The standard InChI is InChI=1S/C21H26N4O4S/c1-16(26)22-18-5-3-17(4-6-18)15-21(27)23-19-7-9-20(10-8-19)30(28,29)25-13-11-24(2)12-14-25/h3-10H,11-15H2,1-2H3,(H,22,26)(H,23,27). The second kappa shape index (κ2) is 9.38. The Bertz CT molecular complexity index is 996. The van der Waals surface area contributed by atoms with Crippen molar-refractivity contribution in [2.75, 3.05) is 43.9 Å². The summed E-state index contributed by atoms with van der Waals surface area (Å²) in [5.74, 6) is -0.365. The average molecular weight is 431 g/mol. The fourth-order valence-electron chi connectivity index (χ4n) is 3.19. The molecule has 1 aliphatic heterocycles. The molecule has 160 valence electrons. The molecule has 1 aliphatic rings. The minimum atomic E-state index is -3.53. The first-order valence-corrected chi connectivity index (χ1v) is 11.1. The first kappa shape index (κ1) is 21.9. The van der Waals surface area contributed by atoms with Gasteiger partial charge in [0.1, 0.15) is 0 Å². The third kappa shape index (κ3) is 5.65. The largest absolute Gasteiger partial charge is 0.326 e. The van der Waals surface area contributed by atoms with Crippen LogP contribution in [0, 0.1) is 0 Å². The van der Waals surface area contributed by atoms with E-state index in [9.17, 15) is 18.0 Å². The fourth-order valence-corrected chi connectivity index (χ4v) is 4.61. The zero-order valence-electron chi connectivity index (χ0n) is 17.1. The van der Waals surface area contributed by atoms with Crippen molar-refractivity contribution in [1.29, 1.82) is 0 Å². The summed E-state index contributed by atoms with van der Waals surface area (Å²) in [6.07, 6.45) is 0.168. The van der Waals surface area contributed by atoms with Crippen molar-refractivity contribution >= 4 is 33.2 Å². The molecule has 0 unspecified atom stereocenters. The number of likely N-dealkylation sites (N-methyl/N-ethyl adjacent to an activating group) is 1. The summed E-state index contributed by atoms with van der Waals surface area (Å²) in [5.41, 5.74) is 2.01. The summed E-state index contributed by atoms with van der Waals surface area (Å²) in [5, 5.41) is 5.45. The van der Waals surface area contributed by atoms with Crippen LogP contribution in [-0.2, 0) is 26.0 Å². The maximum Gasteiger partial charge on any atom is 0.243 e. The van der Waals surface area contributed by atoms with Gasteiger partial charge in [0.25, 0.3) is 0 Å². The lowest BCUT2D eigenvalue weighted by Crippen LogP contribution is -2.46. The van der Waals surface area contributed by atoms with E-state index in [4.69, 9.17) is 0 Å². The average Bonchev–Trinajstić information content (AvgIpc) is 2.70. The van der Waals surface area contributed by atoms with Crippen LogP contribution in [0.5, 0.6) is 0 Å². The van der Waals surface area contributed by atoms with Crippen LogP contribution in [0.4, 0.5) is 11.4 Å². The zero-order valence-corrected chi connectivity index (χ0v) is 17.9. The van der Waals surface area contributed by atoms with Crippen LogP contribution in [0.25, 0.3) is 0 Å². The molecule has 0 spiro atoms. The normalized spacial score (nSPS) is 15.5. The molecule has 3 rings (SSSR count). The van der Waals surface area contributed by atoms with Crippen molar-refractivity contribution in [3.63, 3.8) is 0 Å². The Hall–Kier alpha value is -2.75. The number of sulfonamides is 1. The van der Waals surface area contributed by atoms with Gasteiger partial charge >= 0.3 is 0 Å².